The van der Waals surface area contributed by atoms with E-state index in [1.165, 1.54) is 0 Å². The Morgan fingerprint density at radius 1 is 0.966 bits per heavy atom. The Bertz CT molecular complexity index is 1170. The second-order valence-electron chi connectivity index (χ2n) is 6.46. The summed E-state index contributed by atoms with van der Waals surface area (Å²) in [6.45, 7) is 0. The second kappa shape index (κ2) is 8.37. The van der Waals surface area contributed by atoms with Gasteiger partial charge in [-0.2, -0.15) is 0 Å². The van der Waals surface area contributed by atoms with E-state index in [1.807, 2.05) is 85.1 Å². The lowest BCUT2D eigenvalue weighted by molar-refractivity contribution is 0.102. The van der Waals surface area contributed by atoms with Crippen molar-refractivity contribution in [3.05, 3.63) is 84.4 Å². The lowest BCUT2D eigenvalue weighted by Gasteiger charge is -2.12. The van der Waals surface area contributed by atoms with Crippen molar-refractivity contribution in [3.8, 4) is 17.0 Å². The molecule has 0 saturated carbocycles. The first-order valence-corrected chi connectivity index (χ1v) is 10.4. The van der Waals surface area contributed by atoms with E-state index in [2.05, 4.69) is 5.32 Å². The number of methoxy groups -OCH3 is 1. The minimum absolute atomic E-state index is 0.153. The molecule has 4 nitrogen and oxygen atoms in total. The van der Waals surface area contributed by atoms with Crippen molar-refractivity contribution in [1.82, 2.24) is 4.98 Å². The average Bonchev–Trinajstić information content (AvgIpc) is 2.78. The molecule has 1 amide bonds. The van der Waals surface area contributed by atoms with E-state index < -0.39 is 0 Å². The van der Waals surface area contributed by atoms with Crippen molar-refractivity contribution in [3.63, 3.8) is 0 Å². The molecule has 144 valence electrons. The minimum Gasteiger partial charge on any atom is -0.497 e. The van der Waals surface area contributed by atoms with Gasteiger partial charge in [0.25, 0.3) is 5.91 Å². The highest BCUT2D eigenvalue weighted by atomic mass is 32.2. The summed E-state index contributed by atoms with van der Waals surface area (Å²) < 4.78 is 5.24. The van der Waals surface area contributed by atoms with E-state index in [-0.39, 0.29) is 5.91 Å². The molecule has 1 N–H and O–H groups in total. The normalized spacial score (nSPS) is 10.7. The summed E-state index contributed by atoms with van der Waals surface area (Å²) in [6.07, 6.45) is 1.99. The maximum atomic E-state index is 13.2. The van der Waals surface area contributed by atoms with Crippen LogP contribution in [-0.4, -0.2) is 24.3 Å². The number of hydrogen-bond donors (Lipinski definition) is 1. The van der Waals surface area contributed by atoms with E-state index in [4.69, 9.17) is 9.72 Å². The van der Waals surface area contributed by atoms with Gasteiger partial charge in [-0.25, -0.2) is 4.98 Å². The van der Waals surface area contributed by atoms with Gasteiger partial charge in [-0.1, -0.05) is 30.3 Å². The molecule has 3 aromatic carbocycles. The number of rotatable bonds is 5. The maximum absolute atomic E-state index is 13.2. The zero-order valence-electron chi connectivity index (χ0n) is 16.2. The number of thioether (sulfide) groups is 1. The summed E-state index contributed by atoms with van der Waals surface area (Å²) in [5, 5.41) is 3.88. The van der Waals surface area contributed by atoms with Gasteiger partial charge < -0.3 is 10.1 Å². The fourth-order valence-electron chi connectivity index (χ4n) is 3.21. The molecule has 0 spiro atoms. The summed E-state index contributed by atoms with van der Waals surface area (Å²) in [5.74, 6) is 0.626. The number of carbonyl (C=O) groups excluding carboxylic acids is 1. The van der Waals surface area contributed by atoms with Crippen molar-refractivity contribution in [2.45, 2.75) is 4.90 Å². The van der Waals surface area contributed by atoms with Crippen LogP contribution in [0.25, 0.3) is 22.2 Å². The summed E-state index contributed by atoms with van der Waals surface area (Å²) in [7, 11) is 1.64. The van der Waals surface area contributed by atoms with Crippen molar-refractivity contribution < 1.29 is 9.53 Å². The van der Waals surface area contributed by atoms with Crippen LogP contribution in [0.2, 0.25) is 0 Å². The lowest BCUT2D eigenvalue weighted by atomic mass is 10.0. The summed E-state index contributed by atoms with van der Waals surface area (Å²) in [5.41, 5.74) is 3.85. The molecule has 1 heterocycles. The fraction of sp³-hybridized carbons (Fsp3) is 0.0833. The number of hydrogen-bond acceptors (Lipinski definition) is 4. The lowest BCUT2D eigenvalue weighted by Crippen LogP contribution is -2.13. The fourth-order valence-corrected chi connectivity index (χ4v) is 3.76. The second-order valence-corrected chi connectivity index (χ2v) is 7.30. The zero-order valence-corrected chi connectivity index (χ0v) is 17.0. The number of nitrogens with zero attached hydrogens (tertiary/aromatic N) is 1. The number of ether oxygens (including phenoxy) is 1. The van der Waals surface area contributed by atoms with Crippen LogP contribution in [0.5, 0.6) is 5.75 Å². The van der Waals surface area contributed by atoms with Crippen LogP contribution >= 0.6 is 11.8 Å². The Labute approximate surface area is 173 Å². The van der Waals surface area contributed by atoms with Gasteiger partial charge in [0.2, 0.25) is 0 Å². The number of amides is 1. The zero-order chi connectivity index (χ0) is 20.2. The van der Waals surface area contributed by atoms with Gasteiger partial charge in [0, 0.05) is 15.8 Å². The molecule has 0 saturated heterocycles. The van der Waals surface area contributed by atoms with E-state index in [9.17, 15) is 4.79 Å². The first-order chi connectivity index (χ1) is 14.2. The van der Waals surface area contributed by atoms with Crippen molar-refractivity contribution >= 4 is 34.3 Å². The van der Waals surface area contributed by atoms with Gasteiger partial charge in [-0.15, -0.1) is 11.8 Å². The van der Waals surface area contributed by atoms with Crippen LogP contribution < -0.4 is 10.1 Å². The van der Waals surface area contributed by atoms with Gasteiger partial charge in [-0.3, -0.25) is 4.79 Å². The Hall–Kier alpha value is -3.31. The third-order valence-corrected chi connectivity index (χ3v) is 5.50. The van der Waals surface area contributed by atoms with Crippen LogP contribution in [0.3, 0.4) is 0 Å². The third kappa shape index (κ3) is 3.96. The number of fused-ring (bicyclic) bond motifs is 1. The molecular formula is C24H20N2O2S. The maximum Gasteiger partial charge on any atom is 0.256 e. The van der Waals surface area contributed by atoms with Crippen molar-refractivity contribution in [1.29, 1.82) is 0 Å². The molecule has 5 heteroatoms. The molecule has 0 aliphatic carbocycles. The first kappa shape index (κ1) is 19.0. The molecule has 0 radical (unpaired) electrons. The van der Waals surface area contributed by atoms with Gasteiger partial charge in [0.15, 0.2) is 0 Å². The van der Waals surface area contributed by atoms with Gasteiger partial charge in [-0.05, 0) is 54.8 Å². The first-order valence-electron chi connectivity index (χ1n) is 9.18. The SMILES string of the molecule is COc1ccc(-c2cc(C(=O)Nc3ccccc3SC)c3ccccc3n2)cc1. The van der Waals surface area contributed by atoms with Gasteiger partial charge in [0.1, 0.15) is 5.75 Å². The Balaban J connectivity index is 1.79. The number of aromatic nitrogens is 1. The minimum atomic E-state index is -0.153. The van der Waals surface area contributed by atoms with E-state index in [0.29, 0.717) is 5.56 Å². The van der Waals surface area contributed by atoms with E-state index >= 15 is 0 Å². The number of benzene rings is 3. The number of carbonyl (C=O) groups is 1. The highest BCUT2D eigenvalue weighted by Gasteiger charge is 2.15. The molecule has 0 fully saturated rings. The van der Waals surface area contributed by atoms with Crippen molar-refractivity contribution in [2.75, 3.05) is 18.7 Å². The number of anilines is 1. The molecule has 0 unspecified atom stereocenters. The van der Waals surface area contributed by atoms with Crippen LogP contribution in [0, 0.1) is 0 Å². The largest absolute Gasteiger partial charge is 0.497 e. The van der Waals surface area contributed by atoms with E-state index in [0.717, 1.165) is 38.5 Å². The molecule has 0 bridgehead atoms. The molecule has 4 rings (SSSR count). The van der Waals surface area contributed by atoms with Crippen molar-refractivity contribution in [2.24, 2.45) is 0 Å². The monoisotopic (exact) mass is 400 g/mol. The van der Waals surface area contributed by atoms with Crippen LogP contribution in [0.4, 0.5) is 5.69 Å². The summed E-state index contributed by atoms with van der Waals surface area (Å²) >= 11 is 1.60. The Morgan fingerprint density at radius 2 is 1.69 bits per heavy atom. The Kier molecular flexibility index (Phi) is 5.49. The molecule has 29 heavy (non-hydrogen) atoms. The standard InChI is InChI=1S/C24H20N2O2S/c1-28-17-13-11-16(12-14-17)22-15-19(18-7-3-4-8-20(18)25-22)24(27)26-21-9-5-6-10-23(21)29-2/h3-15H,1-2H3,(H,26,27). The topological polar surface area (TPSA) is 51.2 Å². The Morgan fingerprint density at radius 3 is 2.45 bits per heavy atom. The molecule has 0 aliphatic rings. The predicted molar refractivity (Wildman–Crippen MR) is 120 cm³/mol. The van der Waals surface area contributed by atoms with Gasteiger partial charge >= 0.3 is 0 Å². The van der Waals surface area contributed by atoms with Gasteiger partial charge in [0.05, 0.1) is 29.6 Å². The predicted octanol–water partition coefficient (Wildman–Crippen LogP) is 5.88. The number of para-hydroxylation sites is 2. The average molecular weight is 401 g/mol. The third-order valence-electron chi connectivity index (χ3n) is 4.70. The van der Waals surface area contributed by atoms with Crippen LogP contribution in [0.1, 0.15) is 10.4 Å². The van der Waals surface area contributed by atoms with Crippen LogP contribution in [0.15, 0.2) is 83.8 Å². The molecule has 4 aromatic rings. The molecule has 1 aromatic heterocycles. The summed E-state index contributed by atoms with van der Waals surface area (Å²) in [4.78, 5) is 19.0. The number of pyridine rings is 1. The molecular weight excluding hydrogens is 380 g/mol. The highest BCUT2D eigenvalue weighted by molar-refractivity contribution is 7.98. The molecule has 0 atom stereocenters. The quantitative estimate of drug-likeness (QED) is 0.425. The highest BCUT2D eigenvalue weighted by Crippen LogP contribution is 2.29. The molecule has 0 aliphatic heterocycles. The smallest absolute Gasteiger partial charge is 0.256 e. The van der Waals surface area contributed by atoms with Crippen LogP contribution in [-0.2, 0) is 0 Å². The van der Waals surface area contributed by atoms with E-state index in [1.54, 1.807) is 18.9 Å². The summed E-state index contributed by atoms with van der Waals surface area (Å²) in [6, 6.07) is 25.0. The number of nitrogens with one attached hydrogen (secondary N) is 1.